The third-order valence-corrected chi connectivity index (χ3v) is 3.69. The minimum absolute atomic E-state index is 0.104. The van der Waals surface area contributed by atoms with Crippen molar-refractivity contribution in [2.24, 2.45) is 11.5 Å². The summed E-state index contributed by atoms with van der Waals surface area (Å²) in [5.74, 6) is -4.61. The fourth-order valence-corrected chi connectivity index (χ4v) is 2.22. The first-order valence-corrected chi connectivity index (χ1v) is 7.68. The summed E-state index contributed by atoms with van der Waals surface area (Å²) in [6.45, 7) is 1.44. The molecule has 1 heterocycles. The fourth-order valence-electron chi connectivity index (χ4n) is 2.22. The second kappa shape index (κ2) is 8.92. The summed E-state index contributed by atoms with van der Waals surface area (Å²) in [5, 5.41) is 23.6. The summed E-state index contributed by atoms with van der Waals surface area (Å²) in [4.78, 5) is 52.8. The Labute approximate surface area is 148 Å². The van der Waals surface area contributed by atoms with E-state index >= 15 is 0 Å². The van der Waals surface area contributed by atoms with Crippen molar-refractivity contribution in [2.45, 2.75) is 43.9 Å². The molecule has 1 aromatic heterocycles. The summed E-state index contributed by atoms with van der Waals surface area (Å²) >= 11 is 0. The Morgan fingerprint density at radius 1 is 1.35 bits per heavy atom. The largest absolute Gasteiger partial charge is 0.480 e. The van der Waals surface area contributed by atoms with Gasteiger partial charge in [0, 0.05) is 18.3 Å². The number of carboxylic acid groups (broad SMARTS) is 2. The van der Waals surface area contributed by atoms with Crippen molar-refractivity contribution in [3.05, 3.63) is 18.2 Å². The van der Waals surface area contributed by atoms with Gasteiger partial charge >= 0.3 is 11.9 Å². The Kier molecular flexibility index (Phi) is 7.22. The average molecular weight is 370 g/mol. The lowest BCUT2D eigenvalue weighted by Crippen LogP contribution is -2.69. The molecule has 1 aromatic rings. The van der Waals surface area contributed by atoms with E-state index in [1.165, 1.54) is 19.4 Å². The molecule has 0 spiro atoms. The number of carbonyl (C=O) groups is 4. The van der Waals surface area contributed by atoms with Crippen molar-refractivity contribution in [3.63, 3.8) is 0 Å². The van der Waals surface area contributed by atoms with Crippen LogP contribution in [0.1, 0.15) is 25.5 Å². The summed E-state index contributed by atoms with van der Waals surface area (Å²) < 4.78 is 0. The van der Waals surface area contributed by atoms with Gasteiger partial charge in [-0.05, 0) is 6.42 Å². The normalized spacial score (nSPS) is 15.5. The number of aromatic amines is 1. The smallest absolute Gasteiger partial charge is 0.344 e. The molecule has 9 N–H and O–H groups in total. The van der Waals surface area contributed by atoms with Crippen molar-refractivity contribution in [2.75, 3.05) is 0 Å². The molecule has 26 heavy (non-hydrogen) atoms. The molecule has 0 radical (unpaired) electrons. The maximum Gasteiger partial charge on any atom is 0.344 e. The minimum atomic E-state index is -2.10. The van der Waals surface area contributed by atoms with Gasteiger partial charge in [0.1, 0.15) is 6.04 Å². The molecule has 0 saturated carbocycles. The van der Waals surface area contributed by atoms with Crippen LogP contribution < -0.4 is 22.1 Å². The second-order valence-corrected chi connectivity index (χ2v) is 5.65. The van der Waals surface area contributed by atoms with Crippen LogP contribution in [-0.2, 0) is 25.6 Å². The Balaban J connectivity index is 3.02. The standard InChI is InChI=1S/C14H22N6O6/c1-2-14(13(25)26,20-11(22)8(15)4-10(16)21)19-9(12(23)24)3-7-5-17-6-18-7/h5-6,8-9,19H,2-4,15H2,1H3,(H2,16,21)(H,17,18)(H,20,22)(H,23,24)(H,25,26)/t8-,9-,14?/m0/s1. The van der Waals surface area contributed by atoms with Crippen molar-refractivity contribution in [1.29, 1.82) is 0 Å². The maximum atomic E-state index is 12.1. The highest BCUT2D eigenvalue weighted by Crippen LogP contribution is 2.12. The van der Waals surface area contributed by atoms with E-state index in [1.807, 2.05) is 0 Å². The van der Waals surface area contributed by atoms with Gasteiger partial charge in [-0.2, -0.15) is 0 Å². The molecule has 0 aliphatic heterocycles. The molecule has 0 bridgehead atoms. The molecule has 0 aliphatic rings. The molecular weight excluding hydrogens is 348 g/mol. The highest BCUT2D eigenvalue weighted by atomic mass is 16.4. The molecule has 12 heteroatoms. The number of primary amides is 1. The van der Waals surface area contributed by atoms with E-state index in [0.717, 1.165) is 0 Å². The molecule has 2 amide bonds. The molecule has 144 valence electrons. The number of rotatable bonds is 11. The monoisotopic (exact) mass is 370 g/mol. The van der Waals surface area contributed by atoms with Crippen LogP contribution in [-0.4, -0.2) is 61.7 Å². The van der Waals surface area contributed by atoms with Crippen LogP contribution in [0.3, 0.4) is 0 Å². The van der Waals surface area contributed by atoms with Crippen LogP contribution in [0.15, 0.2) is 12.5 Å². The van der Waals surface area contributed by atoms with E-state index in [9.17, 15) is 29.4 Å². The molecule has 12 nitrogen and oxygen atoms in total. The van der Waals surface area contributed by atoms with Crippen molar-refractivity contribution >= 4 is 23.8 Å². The van der Waals surface area contributed by atoms with Gasteiger partial charge in [0.15, 0.2) is 5.66 Å². The molecule has 3 atom stereocenters. The minimum Gasteiger partial charge on any atom is -0.480 e. The summed E-state index contributed by atoms with van der Waals surface area (Å²) in [7, 11) is 0. The van der Waals surface area contributed by atoms with Crippen molar-refractivity contribution < 1.29 is 29.4 Å². The van der Waals surface area contributed by atoms with E-state index in [0.29, 0.717) is 5.69 Å². The van der Waals surface area contributed by atoms with E-state index < -0.39 is 47.9 Å². The lowest BCUT2D eigenvalue weighted by molar-refractivity contribution is -0.152. The Morgan fingerprint density at radius 3 is 2.42 bits per heavy atom. The van der Waals surface area contributed by atoms with Gasteiger partial charge in [0.25, 0.3) is 0 Å². The van der Waals surface area contributed by atoms with Crippen LogP contribution in [0, 0.1) is 0 Å². The lowest BCUT2D eigenvalue weighted by atomic mass is 10.0. The number of hydrogen-bond donors (Lipinski definition) is 7. The Morgan fingerprint density at radius 2 is 2.00 bits per heavy atom. The number of imidazole rings is 1. The predicted molar refractivity (Wildman–Crippen MR) is 87.4 cm³/mol. The third-order valence-electron chi connectivity index (χ3n) is 3.69. The van der Waals surface area contributed by atoms with E-state index in [-0.39, 0.29) is 12.8 Å². The molecule has 0 saturated heterocycles. The van der Waals surface area contributed by atoms with E-state index in [2.05, 4.69) is 20.6 Å². The molecule has 0 aromatic carbocycles. The number of hydrogen-bond acceptors (Lipinski definition) is 7. The highest BCUT2D eigenvalue weighted by molar-refractivity contribution is 5.92. The second-order valence-electron chi connectivity index (χ2n) is 5.65. The van der Waals surface area contributed by atoms with Crippen LogP contribution in [0.2, 0.25) is 0 Å². The maximum absolute atomic E-state index is 12.1. The lowest BCUT2D eigenvalue weighted by Gasteiger charge is -2.34. The zero-order chi connectivity index (χ0) is 19.9. The van der Waals surface area contributed by atoms with Crippen LogP contribution in [0.25, 0.3) is 0 Å². The molecule has 1 unspecified atom stereocenters. The van der Waals surface area contributed by atoms with Crippen molar-refractivity contribution in [1.82, 2.24) is 20.6 Å². The van der Waals surface area contributed by atoms with Crippen LogP contribution >= 0.6 is 0 Å². The van der Waals surface area contributed by atoms with E-state index in [4.69, 9.17) is 11.5 Å². The average Bonchev–Trinajstić information content (AvgIpc) is 3.05. The zero-order valence-electron chi connectivity index (χ0n) is 14.1. The molecule has 0 aliphatic carbocycles. The number of H-pyrrole nitrogens is 1. The number of aliphatic carboxylic acids is 2. The summed E-state index contributed by atoms with van der Waals surface area (Å²) in [6.07, 6.45) is 1.97. The number of carbonyl (C=O) groups excluding carboxylic acids is 2. The highest BCUT2D eigenvalue weighted by Gasteiger charge is 2.42. The topological polar surface area (TPSA) is 214 Å². The zero-order valence-corrected chi connectivity index (χ0v) is 14.1. The third kappa shape index (κ3) is 5.53. The first kappa shape index (κ1) is 21.1. The van der Waals surface area contributed by atoms with Crippen molar-refractivity contribution in [3.8, 4) is 0 Å². The van der Waals surface area contributed by atoms with Gasteiger partial charge in [-0.15, -0.1) is 0 Å². The van der Waals surface area contributed by atoms with Gasteiger partial charge in [-0.3, -0.25) is 19.7 Å². The van der Waals surface area contributed by atoms with Crippen LogP contribution in [0.4, 0.5) is 0 Å². The summed E-state index contributed by atoms with van der Waals surface area (Å²) in [5.41, 5.74) is 8.84. The quantitative estimate of drug-likeness (QED) is 0.205. The number of aromatic nitrogens is 2. The first-order chi connectivity index (χ1) is 12.1. The van der Waals surface area contributed by atoms with Gasteiger partial charge in [-0.25, -0.2) is 9.78 Å². The molecular formula is C14H22N6O6. The fraction of sp³-hybridized carbons (Fsp3) is 0.500. The molecule has 0 fully saturated rings. The number of carboxylic acids is 2. The number of nitrogens with two attached hydrogens (primary N) is 2. The molecule has 1 rings (SSSR count). The summed E-state index contributed by atoms with van der Waals surface area (Å²) in [6, 6.07) is -2.71. The number of amides is 2. The SMILES string of the molecule is CCC(NC(=O)[C@@H](N)CC(N)=O)(N[C@@H](Cc1cnc[nH]1)C(=O)O)C(=O)O. The first-order valence-electron chi connectivity index (χ1n) is 7.68. The van der Waals surface area contributed by atoms with E-state index in [1.54, 1.807) is 0 Å². The number of nitrogens with zero attached hydrogens (tertiary/aromatic N) is 1. The van der Waals surface area contributed by atoms with Gasteiger partial charge in [0.2, 0.25) is 11.8 Å². The van der Waals surface area contributed by atoms with Gasteiger partial charge < -0.3 is 32.0 Å². The Bertz CT molecular complexity index is 663. The van der Waals surface area contributed by atoms with Gasteiger partial charge in [0.05, 0.1) is 18.8 Å². The van der Waals surface area contributed by atoms with Gasteiger partial charge in [-0.1, -0.05) is 6.92 Å². The van der Waals surface area contributed by atoms with Crippen LogP contribution in [0.5, 0.6) is 0 Å². The number of nitrogens with one attached hydrogen (secondary N) is 3. The Hall–Kier alpha value is -2.99. The predicted octanol–water partition coefficient (Wildman–Crippen LogP) is -2.50.